The Hall–Kier alpha value is -1.95. The number of aliphatic imine (C=N–C) groups is 1. The van der Waals surface area contributed by atoms with E-state index in [0.29, 0.717) is 26.0 Å². The number of amides is 1. The molecule has 0 aliphatic carbocycles. The number of rotatable bonds is 4. The Bertz CT molecular complexity index is 1170. The van der Waals surface area contributed by atoms with Gasteiger partial charge in [-0.3, -0.25) is 4.79 Å². The van der Waals surface area contributed by atoms with Gasteiger partial charge in [-0.25, -0.2) is 4.99 Å². The third-order valence-electron chi connectivity index (χ3n) is 6.28. The molecule has 0 aromatic heterocycles. The van der Waals surface area contributed by atoms with Gasteiger partial charge in [0.2, 0.25) is 0 Å². The maximum Gasteiger partial charge on any atom is 0.264 e. The first-order chi connectivity index (χ1) is 15.6. The van der Waals surface area contributed by atoms with Crippen LogP contribution in [0.25, 0.3) is 6.08 Å². The smallest absolute Gasteiger partial charge is 0.264 e. The summed E-state index contributed by atoms with van der Waals surface area (Å²) in [7, 11) is 0. The highest BCUT2D eigenvalue weighted by molar-refractivity contribution is 8.18. The summed E-state index contributed by atoms with van der Waals surface area (Å²) in [5.74, 6) is 0.236. The molecule has 1 amide bonds. The molecular formula is C26H29Cl2N3OS. The van der Waals surface area contributed by atoms with E-state index in [2.05, 4.69) is 55.0 Å². The minimum absolute atomic E-state index is 0.0801. The lowest BCUT2D eigenvalue weighted by Crippen LogP contribution is -2.48. The van der Waals surface area contributed by atoms with Crippen molar-refractivity contribution in [1.82, 2.24) is 5.32 Å². The second-order valence-corrected chi connectivity index (χ2v) is 11.3. The fraction of sp³-hybridized carbons (Fsp3) is 0.385. The lowest BCUT2D eigenvalue weighted by Gasteiger charge is -2.47. The lowest BCUT2D eigenvalue weighted by molar-refractivity contribution is -0.115. The lowest BCUT2D eigenvalue weighted by atomic mass is 9.79. The fourth-order valence-electron chi connectivity index (χ4n) is 4.71. The van der Waals surface area contributed by atoms with E-state index < -0.39 is 0 Å². The predicted octanol–water partition coefficient (Wildman–Crippen LogP) is 7.70. The summed E-state index contributed by atoms with van der Waals surface area (Å²) >= 11 is 14.2. The van der Waals surface area contributed by atoms with Gasteiger partial charge in [-0.1, -0.05) is 43.1 Å². The van der Waals surface area contributed by atoms with Crippen LogP contribution in [0.5, 0.6) is 0 Å². The van der Waals surface area contributed by atoms with Gasteiger partial charge >= 0.3 is 0 Å². The van der Waals surface area contributed by atoms with Gasteiger partial charge in [-0.15, -0.1) is 0 Å². The molecule has 0 spiro atoms. The van der Waals surface area contributed by atoms with Gasteiger partial charge in [0, 0.05) is 27.8 Å². The summed E-state index contributed by atoms with van der Waals surface area (Å²) in [6.45, 7) is 12.0. The van der Waals surface area contributed by atoms with Crippen molar-refractivity contribution in [2.75, 3.05) is 11.4 Å². The van der Waals surface area contributed by atoms with Crippen molar-refractivity contribution in [3.05, 3.63) is 62.0 Å². The Balaban J connectivity index is 1.67. The number of carbonyl (C=O) groups excluding carboxylic acids is 1. The number of thioether (sulfide) groups is 1. The van der Waals surface area contributed by atoms with Gasteiger partial charge in [-0.2, -0.15) is 0 Å². The number of hydrogen-bond acceptors (Lipinski definition) is 4. The highest BCUT2D eigenvalue weighted by atomic mass is 35.5. The second kappa shape index (κ2) is 9.36. The zero-order valence-electron chi connectivity index (χ0n) is 19.6. The van der Waals surface area contributed by atoms with Crippen LogP contribution in [0.1, 0.15) is 63.1 Å². The van der Waals surface area contributed by atoms with Crippen LogP contribution < -0.4 is 10.2 Å². The molecule has 2 aliphatic heterocycles. The van der Waals surface area contributed by atoms with E-state index in [1.807, 2.05) is 25.1 Å². The third-order valence-corrected chi connectivity index (χ3v) is 7.75. The first-order valence-corrected chi connectivity index (χ1v) is 12.8. The number of halogens is 2. The molecule has 2 aromatic carbocycles. The Morgan fingerprint density at radius 3 is 2.76 bits per heavy atom. The van der Waals surface area contributed by atoms with E-state index in [4.69, 9.17) is 23.2 Å². The fourth-order valence-corrected chi connectivity index (χ4v) is 5.92. The number of anilines is 1. The van der Waals surface area contributed by atoms with Crippen LogP contribution in [0.4, 0.5) is 11.4 Å². The van der Waals surface area contributed by atoms with Gasteiger partial charge in [-0.05, 0) is 98.3 Å². The van der Waals surface area contributed by atoms with E-state index in [1.165, 1.54) is 23.0 Å². The molecular weight excluding hydrogens is 473 g/mol. The highest BCUT2D eigenvalue weighted by Crippen LogP contribution is 2.46. The van der Waals surface area contributed by atoms with E-state index in [-0.39, 0.29) is 11.4 Å². The largest absolute Gasteiger partial charge is 0.366 e. The van der Waals surface area contributed by atoms with Crippen LogP contribution in [0.3, 0.4) is 0 Å². The predicted molar refractivity (Wildman–Crippen MR) is 143 cm³/mol. The SMILES string of the molecule is CCCN1c2cc(Cl)c(/C=C3/SC(=Nc4cc(Cl)ccc4C)NC3=O)cc2C(C)CC1(C)C. The standard InChI is InChI=1S/C26H29Cl2N3OS/c1-6-9-31-22-13-20(28)17(10-19(22)16(3)14-26(31,4)5)11-23-24(32)30-25(33-23)29-21-12-18(27)8-7-15(21)2/h7-8,10-13,16H,6,9,14H2,1-5H3,(H,29,30,32)/b23-11+. The summed E-state index contributed by atoms with van der Waals surface area (Å²) < 4.78 is 0. The average Bonchev–Trinajstić information content (AvgIpc) is 3.07. The molecule has 7 heteroatoms. The summed E-state index contributed by atoms with van der Waals surface area (Å²) in [5.41, 5.74) is 5.16. The zero-order chi connectivity index (χ0) is 23.9. The van der Waals surface area contributed by atoms with Gasteiger partial charge in [0.25, 0.3) is 5.91 Å². The second-order valence-electron chi connectivity index (χ2n) is 9.41. The molecule has 0 radical (unpaired) electrons. The first-order valence-electron chi connectivity index (χ1n) is 11.3. The molecule has 33 heavy (non-hydrogen) atoms. The first kappa shape index (κ1) is 24.2. The molecule has 1 unspecified atom stereocenters. The normalized spacial score (nSPS) is 22.1. The molecule has 1 atom stereocenters. The van der Waals surface area contributed by atoms with Crippen molar-refractivity contribution in [1.29, 1.82) is 0 Å². The number of aryl methyl sites for hydroxylation is 1. The highest BCUT2D eigenvalue weighted by Gasteiger charge is 2.36. The molecule has 0 bridgehead atoms. The number of amidine groups is 1. The Morgan fingerprint density at radius 2 is 2.03 bits per heavy atom. The number of benzene rings is 2. The van der Waals surface area contributed by atoms with Crippen LogP contribution in [-0.4, -0.2) is 23.2 Å². The average molecular weight is 503 g/mol. The van der Waals surface area contributed by atoms with Crippen LogP contribution in [-0.2, 0) is 4.79 Å². The minimum atomic E-state index is -0.172. The van der Waals surface area contributed by atoms with Crippen molar-refractivity contribution >= 4 is 63.5 Å². The van der Waals surface area contributed by atoms with E-state index in [1.54, 1.807) is 6.07 Å². The number of hydrogen-bond donors (Lipinski definition) is 1. The Morgan fingerprint density at radius 1 is 1.27 bits per heavy atom. The molecule has 2 heterocycles. The third kappa shape index (κ3) is 4.96. The van der Waals surface area contributed by atoms with Crippen molar-refractivity contribution in [2.45, 2.75) is 58.9 Å². The number of fused-ring (bicyclic) bond motifs is 1. The number of carbonyl (C=O) groups is 1. The topological polar surface area (TPSA) is 44.7 Å². The molecule has 0 saturated carbocycles. The zero-order valence-corrected chi connectivity index (χ0v) is 22.0. The molecule has 1 N–H and O–H groups in total. The van der Waals surface area contributed by atoms with Gasteiger partial charge < -0.3 is 10.2 Å². The summed E-state index contributed by atoms with van der Waals surface area (Å²) in [5, 5.41) is 4.65. The van der Waals surface area contributed by atoms with Crippen molar-refractivity contribution in [2.24, 2.45) is 4.99 Å². The van der Waals surface area contributed by atoms with Crippen molar-refractivity contribution < 1.29 is 4.79 Å². The molecule has 2 aliphatic rings. The van der Waals surface area contributed by atoms with Crippen molar-refractivity contribution in [3.8, 4) is 0 Å². The quantitative estimate of drug-likeness (QED) is 0.436. The van der Waals surface area contributed by atoms with Gasteiger partial charge in [0.05, 0.1) is 10.6 Å². The molecule has 1 fully saturated rings. The van der Waals surface area contributed by atoms with Crippen LogP contribution in [0.2, 0.25) is 10.0 Å². The molecule has 1 saturated heterocycles. The molecule has 174 valence electrons. The summed E-state index contributed by atoms with van der Waals surface area (Å²) in [4.78, 5) is 20.3. The minimum Gasteiger partial charge on any atom is -0.366 e. The van der Waals surface area contributed by atoms with Crippen LogP contribution >= 0.6 is 35.0 Å². The molecule has 4 nitrogen and oxygen atoms in total. The molecule has 4 rings (SSSR count). The number of nitrogens with zero attached hydrogens (tertiary/aromatic N) is 2. The number of nitrogens with one attached hydrogen (secondary N) is 1. The van der Waals surface area contributed by atoms with Gasteiger partial charge in [0.1, 0.15) is 0 Å². The van der Waals surface area contributed by atoms with E-state index in [9.17, 15) is 4.79 Å². The monoisotopic (exact) mass is 501 g/mol. The Kier molecular flexibility index (Phi) is 6.86. The van der Waals surface area contributed by atoms with Crippen molar-refractivity contribution in [3.63, 3.8) is 0 Å². The summed E-state index contributed by atoms with van der Waals surface area (Å²) in [6.07, 6.45) is 4.01. The Labute approximate surface area is 210 Å². The summed E-state index contributed by atoms with van der Waals surface area (Å²) in [6, 6.07) is 9.75. The van der Waals surface area contributed by atoms with Gasteiger partial charge in [0.15, 0.2) is 5.17 Å². The maximum atomic E-state index is 12.7. The molecule has 2 aromatic rings. The van der Waals surface area contributed by atoms with Crippen LogP contribution in [0.15, 0.2) is 40.2 Å². The van der Waals surface area contributed by atoms with E-state index >= 15 is 0 Å². The van der Waals surface area contributed by atoms with Crippen LogP contribution in [0, 0.1) is 6.92 Å². The van der Waals surface area contributed by atoms with E-state index in [0.717, 1.165) is 36.2 Å². The maximum absolute atomic E-state index is 12.7.